The van der Waals surface area contributed by atoms with Crippen molar-refractivity contribution in [3.05, 3.63) is 0 Å². The lowest BCUT2D eigenvalue weighted by molar-refractivity contribution is -0.155. The van der Waals surface area contributed by atoms with Crippen LogP contribution in [0.25, 0.3) is 0 Å². The summed E-state index contributed by atoms with van der Waals surface area (Å²) in [6.45, 7) is 15.7. The molecular formula is C13H27NO3Si. The third-order valence-corrected chi connectivity index (χ3v) is 8.45. The second-order valence-corrected chi connectivity index (χ2v) is 11.3. The summed E-state index contributed by atoms with van der Waals surface area (Å²) < 4.78 is 11.1. The maximum atomic E-state index is 11.5. The van der Waals surface area contributed by atoms with Gasteiger partial charge in [0.25, 0.3) is 0 Å². The zero-order valence-electron chi connectivity index (χ0n) is 12.6. The fourth-order valence-corrected chi connectivity index (χ4v) is 2.49. The first kappa shape index (κ1) is 15.7. The molecule has 5 heteroatoms. The van der Waals surface area contributed by atoms with Crippen LogP contribution in [0.15, 0.2) is 0 Å². The second-order valence-electron chi connectivity index (χ2n) is 6.52. The van der Waals surface area contributed by atoms with Gasteiger partial charge in [-0.3, -0.25) is 9.69 Å². The van der Waals surface area contributed by atoms with Gasteiger partial charge in [-0.15, -0.1) is 0 Å². The highest BCUT2D eigenvalue weighted by molar-refractivity contribution is 6.74. The van der Waals surface area contributed by atoms with Crippen LogP contribution in [-0.4, -0.2) is 45.6 Å². The minimum absolute atomic E-state index is 0.0490. The Bertz CT molecular complexity index is 293. The summed E-state index contributed by atoms with van der Waals surface area (Å²) in [6, 6.07) is 0. The molecular weight excluding hydrogens is 246 g/mol. The van der Waals surface area contributed by atoms with Gasteiger partial charge >= 0.3 is 5.97 Å². The molecule has 0 aliphatic carbocycles. The van der Waals surface area contributed by atoms with E-state index in [2.05, 4.69) is 38.8 Å². The molecule has 0 unspecified atom stereocenters. The third kappa shape index (κ3) is 3.80. The number of carbonyl (C=O) groups is 1. The van der Waals surface area contributed by atoms with E-state index in [-0.39, 0.29) is 16.9 Å². The molecule has 0 amide bonds. The summed E-state index contributed by atoms with van der Waals surface area (Å²) in [6.07, 6.45) is 0. The highest BCUT2D eigenvalue weighted by atomic mass is 28.4. The molecule has 0 N–H and O–H groups in total. The lowest BCUT2D eigenvalue weighted by Crippen LogP contribution is -2.54. The van der Waals surface area contributed by atoms with Crippen molar-refractivity contribution in [1.82, 2.24) is 4.90 Å². The Morgan fingerprint density at radius 2 is 1.89 bits per heavy atom. The second kappa shape index (κ2) is 5.71. The van der Waals surface area contributed by atoms with Crippen LogP contribution in [0.1, 0.15) is 27.7 Å². The fraction of sp³-hybridized carbons (Fsp3) is 0.923. The van der Waals surface area contributed by atoms with Crippen LogP contribution in [0.5, 0.6) is 0 Å². The molecule has 0 atom stereocenters. The first-order chi connectivity index (χ1) is 8.17. The van der Waals surface area contributed by atoms with Gasteiger partial charge in [-0.1, -0.05) is 20.8 Å². The lowest BCUT2D eigenvalue weighted by atomic mass is 10.0. The van der Waals surface area contributed by atoms with Crippen molar-refractivity contribution in [1.29, 1.82) is 0 Å². The van der Waals surface area contributed by atoms with E-state index in [0.717, 1.165) is 13.1 Å². The quantitative estimate of drug-likeness (QED) is 0.570. The van der Waals surface area contributed by atoms with E-state index >= 15 is 0 Å². The van der Waals surface area contributed by atoms with Gasteiger partial charge in [0.2, 0.25) is 0 Å². The number of rotatable bonds is 5. The van der Waals surface area contributed by atoms with Gasteiger partial charge < -0.3 is 9.16 Å². The highest BCUT2D eigenvalue weighted by Gasteiger charge is 2.39. The largest absolute Gasteiger partial charge is 0.466 e. The number of hydrogen-bond donors (Lipinski definition) is 0. The van der Waals surface area contributed by atoms with E-state index in [1.54, 1.807) is 0 Å². The van der Waals surface area contributed by atoms with Gasteiger partial charge in [-0.25, -0.2) is 0 Å². The van der Waals surface area contributed by atoms with Crippen molar-refractivity contribution < 1.29 is 14.0 Å². The number of carbonyl (C=O) groups excluding carboxylic acids is 1. The average molecular weight is 273 g/mol. The minimum atomic E-state index is -1.67. The maximum Gasteiger partial charge on any atom is 0.311 e. The molecule has 0 spiro atoms. The standard InChI is InChI=1S/C13H27NO3Si/c1-7-16-12(15)11-8-14(9-11)10-17-18(5,6)13(2,3)4/h11H,7-10H2,1-6H3. The maximum absolute atomic E-state index is 11.5. The molecule has 0 radical (unpaired) electrons. The Balaban J connectivity index is 2.27. The van der Waals surface area contributed by atoms with Crippen LogP contribution in [0.2, 0.25) is 18.1 Å². The van der Waals surface area contributed by atoms with Crippen LogP contribution in [0, 0.1) is 5.92 Å². The molecule has 0 aromatic carbocycles. The van der Waals surface area contributed by atoms with Crippen LogP contribution in [0.3, 0.4) is 0 Å². The van der Waals surface area contributed by atoms with Crippen LogP contribution < -0.4 is 0 Å². The average Bonchev–Trinajstić information content (AvgIpc) is 2.13. The molecule has 0 bridgehead atoms. The monoisotopic (exact) mass is 273 g/mol. The number of ether oxygens (including phenoxy) is 1. The Morgan fingerprint density at radius 3 is 2.33 bits per heavy atom. The van der Waals surface area contributed by atoms with Crippen molar-refractivity contribution in [3.8, 4) is 0 Å². The fourth-order valence-electron chi connectivity index (χ4n) is 1.55. The van der Waals surface area contributed by atoms with Crippen molar-refractivity contribution >= 4 is 14.3 Å². The van der Waals surface area contributed by atoms with E-state index in [1.165, 1.54) is 0 Å². The smallest absolute Gasteiger partial charge is 0.311 e. The first-order valence-electron chi connectivity index (χ1n) is 6.70. The van der Waals surface area contributed by atoms with Gasteiger partial charge in [0, 0.05) is 13.1 Å². The Hall–Kier alpha value is -0.393. The number of likely N-dealkylation sites (tertiary alicyclic amines) is 1. The van der Waals surface area contributed by atoms with Crippen LogP contribution in [0.4, 0.5) is 0 Å². The van der Waals surface area contributed by atoms with Crippen LogP contribution >= 0.6 is 0 Å². The van der Waals surface area contributed by atoms with Crippen molar-refractivity contribution in [3.63, 3.8) is 0 Å². The topological polar surface area (TPSA) is 38.8 Å². The molecule has 4 nitrogen and oxygen atoms in total. The van der Waals surface area contributed by atoms with E-state index in [9.17, 15) is 4.79 Å². The molecule has 106 valence electrons. The van der Waals surface area contributed by atoms with Crippen molar-refractivity contribution in [2.24, 2.45) is 5.92 Å². The lowest BCUT2D eigenvalue weighted by Gasteiger charge is -2.42. The molecule has 1 saturated heterocycles. The zero-order chi connectivity index (χ0) is 14.0. The molecule has 0 aromatic rings. The van der Waals surface area contributed by atoms with Crippen molar-refractivity contribution in [2.45, 2.75) is 45.8 Å². The SMILES string of the molecule is CCOC(=O)C1CN(CO[Si](C)(C)C(C)(C)C)C1. The highest BCUT2D eigenvalue weighted by Crippen LogP contribution is 2.36. The number of esters is 1. The Labute approximate surface area is 112 Å². The first-order valence-corrected chi connectivity index (χ1v) is 9.61. The van der Waals surface area contributed by atoms with Gasteiger partial charge in [-0.2, -0.15) is 0 Å². The predicted molar refractivity (Wildman–Crippen MR) is 74.8 cm³/mol. The zero-order valence-corrected chi connectivity index (χ0v) is 13.6. The molecule has 1 rings (SSSR count). The summed E-state index contributed by atoms with van der Waals surface area (Å²) in [5.41, 5.74) is 0. The summed E-state index contributed by atoms with van der Waals surface area (Å²) in [4.78, 5) is 13.6. The molecule has 1 aliphatic heterocycles. The van der Waals surface area contributed by atoms with E-state index in [4.69, 9.17) is 9.16 Å². The number of hydrogen-bond acceptors (Lipinski definition) is 4. The summed E-state index contributed by atoms with van der Waals surface area (Å²) in [5.74, 6) is -0.0194. The normalized spacial score (nSPS) is 18.6. The third-order valence-electron chi connectivity index (χ3n) is 3.99. The predicted octanol–water partition coefficient (Wildman–Crippen LogP) is 2.46. The molecule has 1 aliphatic rings. The molecule has 0 saturated carbocycles. The molecule has 18 heavy (non-hydrogen) atoms. The van der Waals surface area contributed by atoms with Gasteiger partial charge in [0.15, 0.2) is 8.32 Å². The van der Waals surface area contributed by atoms with E-state index in [0.29, 0.717) is 13.3 Å². The van der Waals surface area contributed by atoms with Crippen LogP contribution in [-0.2, 0) is 14.0 Å². The summed E-state index contributed by atoms with van der Waals surface area (Å²) in [5, 5.41) is 0.235. The van der Waals surface area contributed by atoms with E-state index < -0.39 is 8.32 Å². The minimum Gasteiger partial charge on any atom is -0.466 e. The van der Waals surface area contributed by atoms with Crippen molar-refractivity contribution in [2.75, 3.05) is 26.4 Å². The Kier molecular flexibility index (Phi) is 4.97. The van der Waals surface area contributed by atoms with Gasteiger partial charge in [-0.05, 0) is 25.1 Å². The summed E-state index contributed by atoms with van der Waals surface area (Å²) in [7, 11) is -1.67. The molecule has 0 aromatic heterocycles. The van der Waals surface area contributed by atoms with E-state index in [1.807, 2.05) is 6.92 Å². The van der Waals surface area contributed by atoms with Gasteiger partial charge in [0.1, 0.15) is 0 Å². The molecule has 1 heterocycles. The Morgan fingerprint density at radius 1 is 1.33 bits per heavy atom. The van der Waals surface area contributed by atoms with Gasteiger partial charge in [0.05, 0.1) is 19.3 Å². The number of nitrogens with zero attached hydrogens (tertiary/aromatic N) is 1. The molecule has 1 fully saturated rings. The summed E-state index contributed by atoms with van der Waals surface area (Å²) >= 11 is 0.